The van der Waals surface area contributed by atoms with Gasteiger partial charge in [-0.3, -0.25) is 9.78 Å². The lowest BCUT2D eigenvalue weighted by atomic mass is 9.92. The summed E-state index contributed by atoms with van der Waals surface area (Å²) in [4.78, 5) is 16.2. The van der Waals surface area contributed by atoms with Crippen molar-refractivity contribution in [2.45, 2.75) is 51.7 Å². The van der Waals surface area contributed by atoms with Crippen molar-refractivity contribution < 1.29 is 19.0 Å². The van der Waals surface area contributed by atoms with E-state index < -0.39 is 11.9 Å². The molecule has 1 aromatic heterocycles. The number of methoxy groups -OCH3 is 1. The minimum Gasteiger partial charge on any atom is -0.481 e. The largest absolute Gasteiger partial charge is 0.481 e. The van der Waals surface area contributed by atoms with Crippen LogP contribution in [0, 0.1) is 17.7 Å². The number of benzene rings is 1. The molecule has 2 aromatic rings. The summed E-state index contributed by atoms with van der Waals surface area (Å²) in [7, 11) is 1.55. The van der Waals surface area contributed by atoms with Gasteiger partial charge in [-0.15, -0.1) is 0 Å². The lowest BCUT2D eigenvalue weighted by Gasteiger charge is -2.23. The molecule has 0 aliphatic heterocycles. The Morgan fingerprint density at radius 3 is 2.45 bits per heavy atom. The summed E-state index contributed by atoms with van der Waals surface area (Å²) in [5, 5.41) is 13.8. The van der Waals surface area contributed by atoms with Crippen LogP contribution in [-0.4, -0.2) is 29.7 Å². The van der Waals surface area contributed by atoms with Crippen LogP contribution in [0.5, 0.6) is 0 Å². The summed E-state index contributed by atoms with van der Waals surface area (Å²) >= 11 is 5.93. The van der Waals surface area contributed by atoms with E-state index in [-0.39, 0.29) is 18.0 Å². The molecule has 3 unspecified atom stereocenters. The maximum absolute atomic E-state index is 13.2. The fourth-order valence-electron chi connectivity index (χ4n) is 3.67. The van der Waals surface area contributed by atoms with Crippen molar-refractivity contribution in [2.24, 2.45) is 11.8 Å². The van der Waals surface area contributed by atoms with Crippen LogP contribution in [0.2, 0.25) is 5.02 Å². The molecule has 2 rings (SSSR count). The molecule has 0 saturated carbocycles. The molecule has 170 valence electrons. The molecule has 31 heavy (non-hydrogen) atoms. The number of halogens is 2. The maximum Gasteiger partial charge on any atom is 0.306 e. The highest BCUT2D eigenvalue weighted by Gasteiger charge is 2.23. The number of carboxylic acid groups (broad SMARTS) is 1. The molecule has 0 bridgehead atoms. The zero-order valence-electron chi connectivity index (χ0n) is 18.4. The number of hydrogen-bond donors (Lipinski definition) is 2. The summed E-state index contributed by atoms with van der Waals surface area (Å²) < 4.78 is 18.7. The molecule has 0 saturated heterocycles. The highest BCUT2D eigenvalue weighted by Crippen LogP contribution is 2.28. The van der Waals surface area contributed by atoms with Gasteiger partial charge in [0.25, 0.3) is 0 Å². The first kappa shape index (κ1) is 25.2. The van der Waals surface area contributed by atoms with Gasteiger partial charge in [0.05, 0.1) is 28.8 Å². The van der Waals surface area contributed by atoms with Crippen molar-refractivity contribution >= 4 is 17.6 Å². The van der Waals surface area contributed by atoms with Gasteiger partial charge < -0.3 is 15.2 Å². The molecule has 0 spiro atoms. The number of ether oxygens (including phenoxy) is 1. The second-order valence-electron chi connectivity index (χ2n) is 8.12. The Hall–Kier alpha value is -2.02. The number of rotatable bonds is 13. The second kappa shape index (κ2) is 12.7. The number of hydrogen-bond acceptors (Lipinski definition) is 4. The van der Waals surface area contributed by atoms with Gasteiger partial charge in [-0.2, -0.15) is 0 Å². The molecule has 3 atom stereocenters. The lowest BCUT2D eigenvalue weighted by molar-refractivity contribution is -0.143. The van der Waals surface area contributed by atoms with Crippen molar-refractivity contribution in [3.63, 3.8) is 0 Å². The van der Waals surface area contributed by atoms with E-state index in [2.05, 4.69) is 24.1 Å². The first-order chi connectivity index (χ1) is 14.8. The van der Waals surface area contributed by atoms with Crippen molar-refractivity contribution in [1.82, 2.24) is 10.3 Å². The second-order valence-corrected chi connectivity index (χ2v) is 8.56. The SMILES string of the molecule is COC(CC(CCCCNC(c1ccc(Cl)cn1)C(C)C)C(=O)O)c1ccc(F)cc1. The summed E-state index contributed by atoms with van der Waals surface area (Å²) in [5.74, 6) is -1.32. The van der Waals surface area contributed by atoms with Crippen molar-refractivity contribution in [2.75, 3.05) is 13.7 Å². The summed E-state index contributed by atoms with van der Waals surface area (Å²) in [6, 6.07) is 9.90. The molecule has 0 aliphatic carbocycles. The molecule has 2 N–H and O–H groups in total. The molecule has 0 fully saturated rings. The number of nitrogens with zero attached hydrogens (tertiary/aromatic N) is 1. The van der Waals surface area contributed by atoms with E-state index in [0.717, 1.165) is 30.6 Å². The molecule has 0 radical (unpaired) electrons. The number of carboxylic acids is 1. The van der Waals surface area contributed by atoms with Crippen LogP contribution in [0.1, 0.15) is 62.9 Å². The summed E-state index contributed by atoms with van der Waals surface area (Å²) in [5.41, 5.74) is 1.73. The predicted molar refractivity (Wildman–Crippen MR) is 121 cm³/mol. The Labute approximate surface area is 189 Å². The molecular formula is C24H32ClFN2O3. The van der Waals surface area contributed by atoms with Crippen LogP contribution in [0.4, 0.5) is 4.39 Å². The van der Waals surface area contributed by atoms with Gasteiger partial charge in [-0.05, 0) is 61.6 Å². The van der Waals surface area contributed by atoms with Gasteiger partial charge in [-0.1, -0.05) is 44.0 Å². The van der Waals surface area contributed by atoms with Crippen LogP contribution in [0.25, 0.3) is 0 Å². The molecule has 5 nitrogen and oxygen atoms in total. The number of carbonyl (C=O) groups is 1. The Morgan fingerprint density at radius 1 is 1.19 bits per heavy atom. The molecule has 0 amide bonds. The third kappa shape index (κ3) is 8.20. The average molecular weight is 451 g/mol. The van der Waals surface area contributed by atoms with Gasteiger partial charge in [0, 0.05) is 13.3 Å². The summed E-state index contributed by atoms with van der Waals surface area (Å²) in [6.45, 7) is 5.04. The van der Waals surface area contributed by atoms with E-state index >= 15 is 0 Å². The van der Waals surface area contributed by atoms with E-state index in [9.17, 15) is 14.3 Å². The Balaban J connectivity index is 1.84. The monoisotopic (exact) mass is 450 g/mol. The Morgan fingerprint density at radius 2 is 1.90 bits per heavy atom. The third-order valence-electron chi connectivity index (χ3n) is 5.45. The standard InChI is InChI=1S/C24H32ClFN2O3/c1-16(2)23(21-12-9-19(25)15-28-21)27-13-5-4-6-18(24(29)30)14-22(31-3)17-7-10-20(26)11-8-17/h7-12,15-16,18,22-23,27H,4-6,13-14H2,1-3H3,(H,29,30). The molecule has 7 heteroatoms. The zero-order chi connectivity index (χ0) is 22.8. The quantitative estimate of drug-likeness (QED) is 0.377. The number of pyridine rings is 1. The minimum atomic E-state index is -0.831. The van der Waals surface area contributed by atoms with Crippen LogP contribution >= 0.6 is 11.6 Å². The van der Waals surface area contributed by atoms with Crippen molar-refractivity contribution in [3.05, 3.63) is 64.7 Å². The predicted octanol–water partition coefficient (Wildman–Crippen LogP) is 5.81. The van der Waals surface area contributed by atoms with Crippen molar-refractivity contribution in [1.29, 1.82) is 0 Å². The fraction of sp³-hybridized carbons (Fsp3) is 0.500. The van der Waals surface area contributed by atoms with Crippen LogP contribution in [-0.2, 0) is 9.53 Å². The number of aliphatic carboxylic acids is 1. The van der Waals surface area contributed by atoms with Gasteiger partial charge in [0.15, 0.2) is 0 Å². The zero-order valence-corrected chi connectivity index (χ0v) is 19.1. The Bertz CT molecular complexity index is 799. The van der Waals surface area contributed by atoms with Crippen molar-refractivity contribution in [3.8, 4) is 0 Å². The lowest BCUT2D eigenvalue weighted by Crippen LogP contribution is -2.27. The number of aromatic nitrogens is 1. The van der Waals surface area contributed by atoms with E-state index in [4.69, 9.17) is 16.3 Å². The van der Waals surface area contributed by atoms with E-state index in [1.807, 2.05) is 12.1 Å². The van der Waals surface area contributed by atoms with E-state index in [1.54, 1.807) is 25.4 Å². The molecular weight excluding hydrogens is 419 g/mol. The minimum absolute atomic E-state index is 0.115. The van der Waals surface area contributed by atoms with Crippen LogP contribution < -0.4 is 5.32 Å². The van der Waals surface area contributed by atoms with Crippen LogP contribution in [0.3, 0.4) is 0 Å². The smallest absolute Gasteiger partial charge is 0.306 e. The third-order valence-corrected chi connectivity index (χ3v) is 5.68. The number of unbranched alkanes of at least 4 members (excludes halogenated alkanes) is 1. The van der Waals surface area contributed by atoms with E-state index in [0.29, 0.717) is 23.8 Å². The van der Waals surface area contributed by atoms with Gasteiger partial charge >= 0.3 is 5.97 Å². The highest BCUT2D eigenvalue weighted by molar-refractivity contribution is 6.30. The fourth-order valence-corrected chi connectivity index (χ4v) is 3.78. The van der Waals surface area contributed by atoms with Crippen LogP contribution in [0.15, 0.2) is 42.6 Å². The highest BCUT2D eigenvalue weighted by atomic mass is 35.5. The maximum atomic E-state index is 13.2. The first-order valence-corrected chi connectivity index (χ1v) is 11.1. The average Bonchev–Trinajstić information content (AvgIpc) is 2.74. The number of nitrogens with one attached hydrogen (secondary N) is 1. The van der Waals surface area contributed by atoms with Gasteiger partial charge in [0.2, 0.25) is 0 Å². The first-order valence-electron chi connectivity index (χ1n) is 10.7. The topological polar surface area (TPSA) is 71.5 Å². The van der Waals surface area contributed by atoms with E-state index in [1.165, 1.54) is 12.1 Å². The molecule has 1 aromatic carbocycles. The van der Waals surface area contributed by atoms with Gasteiger partial charge in [-0.25, -0.2) is 4.39 Å². The normalized spacial score (nSPS) is 14.4. The Kier molecular flexibility index (Phi) is 10.4. The molecule has 0 aliphatic rings. The molecule has 1 heterocycles. The van der Waals surface area contributed by atoms with Gasteiger partial charge in [0.1, 0.15) is 5.82 Å². The summed E-state index contributed by atoms with van der Waals surface area (Å²) in [6.07, 6.45) is 3.83.